The van der Waals surface area contributed by atoms with Crippen LogP contribution in [-0.2, 0) is 4.79 Å². The summed E-state index contributed by atoms with van der Waals surface area (Å²) < 4.78 is 0. The molecule has 0 aromatic carbocycles. The molecule has 0 spiro atoms. The summed E-state index contributed by atoms with van der Waals surface area (Å²) in [5, 5.41) is 17.8. The first-order chi connectivity index (χ1) is 6.39. The molecule has 0 heterocycles. The number of carboxylic acid groups (broad SMARTS) is 1. The van der Waals surface area contributed by atoms with Crippen LogP contribution in [0.5, 0.6) is 0 Å². The minimum absolute atomic E-state index is 0.291. The first kappa shape index (κ1) is 11.0. The third kappa shape index (κ3) is 1.60. The number of carbonyl (C=O) groups is 1. The van der Waals surface area contributed by atoms with E-state index in [1.807, 2.05) is 0 Å². The molecule has 1 N–H and O–H groups in total. The van der Waals surface area contributed by atoms with Crippen molar-refractivity contribution in [3.05, 3.63) is 33.9 Å². The van der Waals surface area contributed by atoms with E-state index in [4.69, 9.17) is 28.3 Å². The van der Waals surface area contributed by atoms with Crippen LogP contribution >= 0.6 is 23.2 Å². The van der Waals surface area contributed by atoms with E-state index in [9.17, 15) is 14.9 Å². The lowest BCUT2D eigenvalue weighted by Gasteiger charge is -2.22. The molecule has 14 heavy (non-hydrogen) atoms. The molecule has 5 nitrogen and oxygen atoms in total. The van der Waals surface area contributed by atoms with Crippen LogP contribution in [-0.4, -0.2) is 26.4 Å². The van der Waals surface area contributed by atoms with Gasteiger partial charge in [-0.15, -0.1) is 11.6 Å². The SMILES string of the molecule is O=C(O)C1=CC=CC(Cl)([N+](=O)[O-])C1Cl. The Morgan fingerprint density at radius 2 is 2.29 bits per heavy atom. The number of hydrogen-bond donors (Lipinski definition) is 1. The lowest BCUT2D eigenvalue weighted by atomic mass is 10.00. The first-order valence-corrected chi connectivity index (χ1v) is 4.31. The fourth-order valence-electron chi connectivity index (χ4n) is 1.01. The lowest BCUT2D eigenvalue weighted by Crippen LogP contribution is -2.43. The highest BCUT2D eigenvalue weighted by Crippen LogP contribution is 2.34. The predicted octanol–water partition coefficient (Wildman–Crippen LogP) is 1.39. The van der Waals surface area contributed by atoms with Crippen molar-refractivity contribution < 1.29 is 14.8 Å². The molecule has 2 atom stereocenters. The van der Waals surface area contributed by atoms with Gasteiger partial charge < -0.3 is 5.11 Å². The van der Waals surface area contributed by atoms with Crippen LogP contribution in [0.25, 0.3) is 0 Å². The molecule has 1 rings (SSSR count). The Morgan fingerprint density at radius 3 is 2.71 bits per heavy atom. The maximum atomic E-state index is 10.6. The van der Waals surface area contributed by atoms with E-state index in [0.29, 0.717) is 0 Å². The van der Waals surface area contributed by atoms with Gasteiger partial charge in [0.1, 0.15) is 0 Å². The van der Waals surface area contributed by atoms with E-state index < -0.39 is 21.3 Å². The molecule has 0 radical (unpaired) electrons. The number of nitrogens with zero attached hydrogens (tertiary/aromatic N) is 1. The molecule has 0 bridgehead atoms. The van der Waals surface area contributed by atoms with Crippen LogP contribution in [0, 0.1) is 10.1 Å². The molecule has 0 aromatic rings. The van der Waals surface area contributed by atoms with E-state index in [-0.39, 0.29) is 5.57 Å². The van der Waals surface area contributed by atoms with Crippen molar-refractivity contribution in [2.24, 2.45) is 0 Å². The molecule has 7 heteroatoms. The van der Waals surface area contributed by atoms with Gasteiger partial charge >= 0.3 is 11.0 Å². The Labute approximate surface area is 88.8 Å². The van der Waals surface area contributed by atoms with Gasteiger partial charge in [-0.1, -0.05) is 6.08 Å². The fraction of sp³-hybridized carbons (Fsp3) is 0.286. The second-order valence-corrected chi connectivity index (χ2v) is 3.68. The van der Waals surface area contributed by atoms with Gasteiger partial charge in [-0.2, -0.15) is 0 Å². The topological polar surface area (TPSA) is 80.4 Å². The number of halogens is 2. The van der Waals surface area contributed by atoms with Crippen molar-refractivity contribution in [3.8, 4) is 0 Å². The summed E-state index contributed by atoms with van der Waals surface area (Å²) in [5.74, 6) is -1.32. The maximum absolute atomic E-state index is 10.6. The predicted molar refractivity (Wildman–Crippen MR) is 50.1 cm³/mol. The maximum Gasteiger partial charge on any atom is 0.334 e. The molecule has 1 aliphatic carbocycles. The molecule has 0 saturated heterocycles. The van der Waals surface area contributed by atoms with E-state index >= 15 is 0 Å². The summed E-state index contributed by atoms with van der Waals surface area (Å²) >= 11 is 11.2. The van der Waals surface area contributed by atoms with E-state index in [1.54, 1.807) is 0 Å². The van der Waals surface area contributed by atoms with E-state index in [2.05, 4.69) is 0 Å². The number of rotatable bonds is 2. The van der Waals surface area contributed by atoms with E-state index in [0.717, 1.165) is 6.08 Å². The van der Waals surface area contributed by atoms with Gasteiger partial charge in [0.2, 0.25) is 0 Å². The molecule has 2 unspecified atom stereocenters. The summed E-state index contributed by atoms with van der Waals surface area (Å²) in [4.78, 5) is 18.3. The second-order valence-electron chi connectivity index (χ2n) is 2.63. The average molecular weight is 238 g/mol. The average Bonchev–Trinajstić information content (AvgIpc) is 2.09. The van der Waals surface area contributed by atoms with Crippen molar-refractivity contribution in [3.63, 3.8) is 0 Å². The van der Waals surface area contributed by atoms with Crippen molar-refractivity contribution in [1.29, 1.82) is 0 Å². The zero-order valence-electron chi connectivity index (χ0n) is 6.68. The van der Waals surface area contributed by atoms with Crippen LogP contribution < -0.4 is 0 Å². The standard InChI is InChI=1S/C7H5Cl2NO4/c8-5-4(6(11)12)2-1-3-7(5,9)10(13)14/h1-3,5H,(H,11,12). The van der Waals surface area contributed by atoms with Crippen LogP contribution in [0.3, 0.4) is 0 Å². The van der Waals surface area contributed by atoms with Gasteiger partial charge in [0.25, 0.3) is 0 Å². The smallest absolute Gasteiger partial charge is 0.334 e. The number of carboxylic acids is 1. The Bertz CT molecular complexity index is 352. The van der Waals surface area contributed by atoms with Crippen LogP contribution in [0.2, 0.25) is 0 Å². The number of allylic oxidation sites excluding steroid dienone is 2. The fourth-order valence-corrected chi connectivity index (χ4v) is 1.52. The molecule has 1 aliphatic rings. The highest BCUT2D eigenvalue weighted by molar-refractivity contribution is 6.35. The van der Waals surface area contributed by atoms with Gasteiger partial charge in [-0.3, -0.25) is 10.1 Å². The molecule has 0 fully saturated rings. The van der Waals surface area contributed by atoms with Gasteiger partial charge in [0, 0.05) is 11.0 Å². The Morgan fingerprint density at radius 1 is 1.71 bits per heavy atom. The Hall–Kier alpha value is -1.07. The lowest BCUT2D eigenvalue weighted by molar-refractivity contribution is -0.526. The summed E-state index contributed by atoms with van der Waals surface area (Å²) in [6.45, 7) is 0. The molecular weight excluding hydrogens is 233 g/mol. The summed E-state index contributed by atoms with van der Waals surface area (Å²) in [5.41, 5.74) is -0.291. The normalized spacial score (nSPS) is 31.0. The molecule has 0 saturated carbocycles. The first-order valence-electron chi connectivity index (χ1n) is 3.50. The van der Waals surface area contributed by atoms with Crippen molar-refractivity contribution in [2.45, 2.75) is 10.4 Å². The van der Waals surface area contributed by atoms with Gasteiger partial charge in [-0.05, 0) is 17.7 Å². The zero-order chi connectivity index (χ0) is 10.9. The Balaban J connectivity index is 3.11. The van der Waals surface area contributed by atoms with E-state index in [1.165, 1.54) is 12.2 Å². The third-order valence-electron chi connectivity index (χ3n) is 1.76. The monoisotopic (exact) mass is 237 g/mol. The quantitative estimate of drug-likeness (QED) is 0.341. The van der Waals surface area contributed by atoms with Crippen molar-refractivity contribution in [2.75, 3.05) is 0 Å². The molecule has 0 aromatic heterocycles. The number of aliphatic carboxylic acids is 1. The van der Waals surface area contributed by atoms with Crippen LogP contribution in [0.1, 0.15) is 0 Å². The number of nitro groups is 1. The Kier molecular flexibility index (Phi) is 2.82. The summed E-state index contributed by atoms with van der Waals surface area (Å²) in [6, 6.07) is 0. The van der Waals surface area contributed by atoms with Gasteiger partial charge in [0.15, 0.2) is 5.38 Å². The summed E-state index contributed by atoms with van der Waals surface area (Å²) in [6.07, 6.45) is 3.45. The van der Waals surface area contributed by atoms with Gasteiger partial charge in [-0.25, -0.2) is 4.79 Å². The van der Waals surface area contributed by atoms with Crippen molar-refractivity contribution in [1.82, 2.24) is 0 Å². The number of hydrogen-bond acceptors (Lipinski definition) is 3. The minimum atomic E-state index is -2.08. The molecular formula is C7H5Cl2NO4. The molecule has 0 aliphatic heterocycles. The highest BCUT2D eigenvalue weighted by atomic mass is 35.5. The van der Waals surface area contributed by atoms with Crippen LogP contribution in [0.4, 0.5) is 0 Å². The van der Waals surface area contributed by atoms with Crippen LogP contribution in [0.15, 0.2) is 23.8 Å². The number of alkyl halides is 2. The van der Waals surface area contributed by atoms with Crippen molar-refractivity contribution >= 4 is 29.2 Å². The molecule has 76 valence electrons. The largest absolute Gasteiger partial charge is 0.478 e. The summed E-state index contributed by atoms with van der Waals surface area (Å²) in [7, 11) is 0. The highest BCUT2D eigenvalue weighted by Gasteiger charge is 2.50. The zero-order valence-corrected chi connectivity index (χ0v) is 8.20. The van der Waals surface area contributed by atoms with Gasteiger partial charge in [0.05, 0.1) is 5.57 Å². The minimum Gasteiger partial charge on any atom is -0.478 e. The molecule has 0 amide bonds. The third-order valence-corrected chi connectivity index (χ3v) is 2.92. The second kappa shape index (κ2) is 3.59.